The molecule has 0 aliphatic heterocycles. The molecule has 4 aromatic rings. The number of benzene rings is 3. The predicted octanol–water partition coefficient (Wildman–Crippen LogP) is 4.19. The highest BCUT2D eigenvalue weighted by Gasteiger charge is 2.10. The summed E-state index contributed by atoms with van der Waals surface area (Å²) in [6, 6.07) is 26.2. The summed E-state index contributed by atoms with van der Waals surface area (Å²) in [5.74, 6) is 0. The molecule has 1 heterocycles. The largest absolute Gasteiger partial charge is 0.308 e. The summed E-state index contributed by atoms with van der Waals surface area (Å²) in [4.78, 5) is 17.2. The molecule has 3 aromatic carbocycles. The van der Waals surface area contributed by atoms with Crippen LogP contribution in [0.5, 0.6) is 0 Å². The highest BCUT2D eigenvalue weighted by molar-refractivity contribution is 5.77. The molecular weight excluding hydrogens is 308 g/mol. The molecule has 0 spiro atoms. The Morgan fingerprint density at radius 3 is 2.20 bits per heavy atom. The number of fused-ring (bicyclic) bond motifs is 1. The van der Waals surface area contributed by atoms with Crippen LogP contribution in [0.25, 0.3) is 22.3 Å². The minimum Gasteiger partial charge on any atom is -0.308 e. The second-order valence-electron chi connectivity index (χ2n) is 6.17. The first-order valence-electron chi connectivity index (χ1n) is 8.31. The molecule has 0 saturated heterocycles. The van der Waals surface area contributed by atoms with Gasteiger partial charge in [-0.05, 0) is 29.7 Å². The van der Waals surface area contributed by atoms with E-state index < -0.39 is 0 Å². The molecule has 1 aromatic heterocycles. The topological polar surface area (TPSA) is 34.9 Å². The van der Waals surface area contributed by atoms with Crippen molar-refractivity contribution < 1.29 is 0 Å². The molecule has 122 valence electrons. The number of para-hydroxylation sites is 2. The van der Waals surface area contributed by atoms with Crippen molar-refractivity contribution in [1.82, 2.24) is 9.55 Å². The highest BCUT2D eigenvalue weighted by Crippen LogP contribution is 2.19. The van der Waals surface area contributed by atoms with Crippen LogP contribution in [-0.2, 0) is 13.5 Å². The van der Waals surface area contributed by atoms with Gasteiger partial charge in [0.25, 0.3) is 5.56 Å². The first kappa shape index (κ1) is 15.3. The molecular formula is C22H18N2O. The van der Waals surface area contributed by atoms with E-state index >= 15 is 0 Å². The van der Waals surface area contributed by atoms with Gasteiger partial charge in [0.2, 0.25) is 0 Å². The van der Waals surface area contributed by atoms with Gasteiger partial charge in [0, 0.05) is 12.6 Å². The lowest BCUT2D eigenvalue weighted by atomic mass is 10.0. The number of aromatic nitrogens is 2. The van der Waals surface area contributed by atoms with Gasteiger partial charge in [0.1, 0.15) is 5.69 Å². The van der Waals surface area contributed by atoms with Crippen LogP contribution >= 0.6 is 0 Å². The van der Waals surface area contributed by atoms with E-state index in [1.807, 2.05) is 54.6 Å². The van der Waals surface area contributed by atoms with Gasteiger partial charge in [0.15, 0.2) is 0 Å². The van der Waals surface area contributed by atoms with Crippen molar-refractivity contribution in [3.8, 4) is 11.3 Å². The van der Waals surface area contributed by atoms with Crippen LogP contribution in [0.4, 0.5) is 0 Å². The lowest BCUT2D eigenvalue weighted by Gasteiger charge is -2.08. The molecule has 0 unspecified atom stereocenters. The van der Waals surface area contributed by atoms with E-state index in [0.717, 1.165) is 23.0 Å². The zero-order valence-electron chi connectivity index (χ0n) is 14.0. The van der Waals surface area contributed by atoms with Crippen molar-refractivity contribution in [2.24, 2.45) is 7.05 Å². The fourth-order valence-corrected chi connectivity index (χ4v) is 3.08. The predicted molar refractivity (Wildman–Crippen MR) is 102 cm³/mol. The summed E-state index contributed by atoms with van der Waals surface area (Å²) in [6.07, 6.45) is 0.879. The second kappa shape index (κ2) is 6.36. The monoisotopic (exact) mass is 326 g/mol. The number of nitrogens with zero attached hydrogens (tertiary/aromatic N) is 2. The summed E-state index contributed by atoms with van der Waals surface area (Å²) < 4.78 is 1.66. The number of rotatable bonds is 3. The Labute approximate surface area is 146 Å². The maximum Gasteiger partial charge on any atom is 0.277 e. The van der Waals surface area contributed by atoms with Crippen LogP contribution < -0.4 is 5.56 Å². The fraction of sp³-hybridized carbons (Fsp3) is 0.0909. The first-order chi connectivity index (χ1) is 12.2. The molecule has 0 atom stereocenters. The Morgan fingerprint density at radius 2 is 1.44 bits per heavy atom. The molecule has 0 bridgehead atoms. The van der Waals surface area contributed by atoms with Crippen molar-refractivity contribution in [2.75, 3.05) is 0 Å². The van der Waals surface area contributed by atoms with E-state index in [2.05, 4.69) is 29.2 Å². The minimum absolute atomic E-state index is 0.0745. The number of hydrogen-bond acceptors (Lipinski definition) is 2. The van der Waals surface area contributed by atoms with Crippen LogP contribution in [0.15, 0.2) is 83.7 Å². The molecule has 0 aliphatic rings. The normalized spacial score (nSPS) is 10.9. The van der Waals surface area contributed by atoms with Crippen molar-refractivity contribution >= 4 is 11.0 Å². The lowest BCUT2D eigenvalue weighted by molar-refractivity contribution is 0.895. The van der Waals surface area contributed by atoms with E-state index in [1.54, 1.807) is 11.6 Å². The smallest absolute Gasteiger partial charge is 0.277 e. The van der Waals surface area contributed by atoms with Crippen LogP contribution in [0.1, 0.15) is 11.1 Å². The molecule has 25 heavy (non-hydrogen) atoms. The van der Waals surface area contributed by atoms with Crippen LogP contribution in [-0.4, -0.2) is 9.55 Å². The Hall–Kier alpha value is -3.20. The molecule has 4 rings (SSSR count). The highest BCUT2D eigenvalue weighted by atomic mass is 16.1. The third-order valence-electron chi connectivity index (χ3n) is 4.46. The van der Waals surface area contributed by atoms with Gasteiger partial charge in [-0.3, -0.25) is 4.79 Å². The van der Waals surface area contributed by atoms with E-state index in [-0.39, 0.29) is 5.56 Å². The van der Waals surface area contributed by atoms with Gasteiger partial charge in [-0.15, -0.1) is 0 Å². The van der Waals surface area contributed by atoms with Crippen molar-refractivity contribution in [3.05, 3.63) is 100 Å². The van der Waals surface area contributed by atoms with Gasteiger partial charge < -0.3 is 4.57 Å². The summed E-state index contributed by atoms with van der Waals surface area (Å²) in [5, 5.41) is 0. The van der Waals surface area contributed by atoms with Crippen LogP contribution in [0.2, 0.25) is 0 Å². The lowest BCUT2D eigenvalue weighted by Crippen LogP contribution is -2.20. The summed E-state index contributed by atoms with van der Waals surface area (Å²) in [5.41, 5.74) is 5.43. The zero-order valence-corrected chi connectivity index (χ0v) is 14.0. The third-order valence-corrected chi connectivity index (χ3v) is 4.46. The van der Waals surface area contributed by atoms with Crippen molar-refractivity contribution in [1.29, 1.82) is 0 Å². The molecule has 3 heteroatoms. The van der Waals surface area contributed by atoms with E-state index in [0.29, 0.717) is 5.69 Å². The van der Waals surface area contributed by atoms with Crippen LogP contribution in [0.3, 0.4) is 0 Å². The SMILES string of the molecule is Cn1c(=O)c(-c2ccc(Cc3ccccc3)cc2)nc2ccccc21. The molecule has 0 saturated carbocycles. The standard InChI is InChI=1S/C22H18N2O/c1-24-20-10-6-5-9-19(20)23-21(22(24)25)18-13-11-17(12-14-18)15-16-7-3-2-4-8-16/h2-14H,15H2,1H3. The van der Waals surface area contributed by atoms with Crippen LogP contribution in [0, 0.1) is 0 Å². The number of hydrogen-bond donors (Lipinski definition) is 0. The Bertz CT molecular complexity index is 1080. The summed E-state index contributed by atoms with van der Waals surface area (Å²) in [6.45, 7) is 0. The Balaban J connectivity index is 1.72. The van der Waals surface area contributed by atoms with Crippen molar-refractivity contribution in [2.45, 2.75) is 6.42 Å². The fourth-order valence-electron chi connectivity index (χ4n) is 3.08. The molecule has 0 amide bonds. The van der Waals surface area contributed by atoms with E-state index in [9.17, 15) is 4.79 Å². The first-order valence-corrected chi connectivity index (χ1v) is 8.31. The summed E-state index contributed by atoms with van der Waals surface area (Å²) >= 11 is 0. The Morgan fingerprint density at radius 1 is 0.800 bits per heavy atom. The number of aryl methyl sites for hydroxylation is 1. The maximum absolute atomic E-state index is 12.7. The maximum atomic E-state index is 12.7. The van der Waals surface area contributed by atoms with Crippen molar-refractivity contribution in [3.63, 3.8) is 0 Å². The molecule has 0 N–H and O–H groups in total. The van der Waals surface area contributed by atoms with Gasteiger partial charge >= 0.3 is 0 Å². The zero-order chi connectivity index (χ0) is 17.2. The second-order valence-corrected chi connectivity index (χ2v) is 6.17. The molecule has 0 radical (unpaired) electrons. The average molecular weight is 326 g/mol. The molecule has 3 nitrogen and oxygen atoms in total. The van der Waals surface area contributed by atoms with Gasteiger partial charge in [-0.25, -0.2) is 4.98 Å². The van der Waals surface area contributed by atoms with Gasteiger partial charge in [0.05, 0.1) is 11.0 Å². The van der Waals surface area contributed by atoms with E-state index in [4.69, 9.17) is 0 Å². The summed E-state index contributed by atoms with van der Waals surface area (Å²) in [7, 11) is 1.79. The Kier molecular flexibility index (Phi) is 3.90. The average Bonchev–Trinajstić information content (AvgIpc) is 2.66. The quantitative estimate of drug-likeness (QED) is 0.566. The molecule has 0 aliphatic carbocycles. The van der Waals surface area contributed by atoms with E-state index in [1.165, 1.54) is 11.1 Å². The van der Waals surface area contributed by atoms with Gasteiger partial charge in [-0.2, -0.15) is 0 Å². The minimum atomic E-state index is -0.0745. The van der Waals surface area contributed by atoms with Gasteiger partial charge in [-0.1, -0.05) is 66.7 Å². The molecule has 0 fully saturated rings. The third kappa shape index (κ3) is 2.96.